The number of halogens is 1. The van der Waals surface area contributed by atoms with Gasteiger partial charge in [0, 0.05) is 11.7 Å². The van der Waals surface area contributed by atoms with E-state index in [1.165, 1.54) is 18.2 Å². The van der Waals surface area contributed by atoms with E-state index in [2.05, 4.69) is 10.6 Å². The van der Waals surface area contributed by atoms with Crippen molar-refractivity contribution in [1.29, 1.82) is 0 Å². The lowest BCUT2D eigenvalue weighted by atomic mass is 9.95. The number of fused-ring (bicyclic) bond motifs is 1. The van der Waals surface area contributed by atoms with Gasteiger partial charge in [0.25, 0.3) is 5.91 Å². The van der Waals surface area contributed by atoms with Crippen LogP contribution in [0.1, 0.15) is 29.8 Å². The van der Waals surface area contributed by atoms with E-state index < -0.39 is 11.7 Å². The molecule has 2 N–H and O–H groups in total. The maximum absolute atomic E-state index is 13.7. The first kappa shape index (κ1) is 17.9. The van der Waals surface area contributed by atoms with Gasteiger partial charge in [-0.05, 0) is 56.2 Å². The lowest BCUT2D eigenvalue weighted by molar-refractivity contribution is -0.126. The molecule has 1 aliphatic heterocycles. The summed E-state index contributed by atoms with van der Waals surface area (Å²) in [6.45, 7) is 4.14. The molecule has 0 saturated carbocycles. The van der Waals surface area contributed by atoms with Crippen molar-refractivity contribution in [3.05, 3.63) is 59.4 Å². The zero-order valence-electron chi connectivity index (χ0n) is 14.7. The number of benzene rings is 2. The zero-order valence-corrected chi connectivity index (χ0v) is 14.7. The molecule has 136 valence electrons. The molecule has 0 spiro atoms. The van der Waals surface area contributed by atoms with Gasteiger partial charge in [0.1, 0.15) is 18.2 Å². The molecule has 0 bridgehead atoms. The molecule has 0 saturated heterocycles. The Balaban J connectivity index is 1.74. The van der Waals surface area contributed by atoms with Gasteiger partial charge in [-0.2, -0.15) is 0 Å². The Morgan fingerprint density at radius 2 is 1.96 bits per heavy atom. The SMILES string of the molecule is CC(C)NC(=O)C1COc2ccc(NC(=O)c3ccccc3F)cc2C1. The fraction of sp³-hybridized carbons (Fsp3) is 0.300. The summed E-state index contributed by atoms with van der Waals surface area (Å²) in [6, 6.07) is 11.1. The second kappa shape index (κ2) is 7.56. The largest absolute Gasteiger partial charge is 0.492 e. The summed E-state index contributed by atoms with van der Waals surface area (Å²) >= 11 is 0. The minimum atomic E-state index is -0.572. The highest BCUT2D eigenvalue weighted by Gasteiger charge is 2.26. The summed E-state index contributed by atoms with van der Waals surface area (Å²) < 4.78 is 19.4. The van der Waals surface area contributed by atoms with Gasteiger partial charge in [-0.1, -0.05) is 12.1 Å². The molecule has 0 aromatic heterocycles. The van der Waals surface area contributed by atoms with Crippen LogP contribution in [0.15, 0.2) is 42.5 Å². The molecule has 0 aliphatic carbocycles. The molecule has 1 aliphatic rings. The average molecular weight is 356 g/mol. The number of anilines is 1. The Morgan fingerprint density at radius 1 is 1.19 bits per heavy atom. The van der Waals surface area contributed by atoms with Crippen LogP contribution in [0, 0.1) is 11.7 Å². The predicted molar refractivity (Wildman–Crippen MR) is 96.8 cm³/mol. The van der Waals surface area contributed by atoms with Gasteiger partial charge in [-0.3, -0.25) is 9.59 Å². The van der Waals surface area contributed by atoms with Gasteiger partial charge >= 0.3 is 0 Å². The second-order valence-corrected chi connectivity index (χ2v) is 6.63. The van der Waals surface area contributed by atoms with Crippen molar-refractivity contribution >= 4 is 17.5 Å². The van der Waals surface area contributed by atoms with Crippen LogP contribution in [0.5, 0.6) is 5.75 Å². The van der Waals surface area contributed by atoms with Gasteiger partial charge in [0.15, 0.2) is 0 Å². The topological polar surface area (TPSA) is 67.4 Å². The van der Waals surface area contributed by atoms with Crippen LogP contribution in [0.4, 0.5) is 10.1 Å². The van der Waals surface area contributed by atoms with E-state index >= 15 is 0 Å². The zero-order chi connectivity index (χ0) is 18.7. The van der Waals surface area contributed by atoms with Gasteiger partial charge in [0.05, 0.1) is 11.5 Å². The van der Waals surface area contributed by atoms with Gasteiger partial charge in [-0.25, -0.2) is 4.39 Å². The van der Waals surface area contributed by atoms with Crippen LogP contribution < -0.4 is 15.4 Å². The number of carbonyl (C=O) groups excluding carboxylic acids is 2. The summed E-state index contributed by atoms with van der Waals surface area (Å²) in [4.78, 5) is 24.5. The molecule has 2 aromatic rings. The maximum atomic E-state index is 13.7. The lowest BCUT2D eigenvalue weighted by Crippen LogP contribution is -2.40. The van der Waals surface area contributed by atoms with Crippen LogP contribution in [0.2, 0.25) is 0 Å². The molecular weight excluding hydrogens is 335 g/mol. The molecule has 2 amide bonds. The molecule has 1 unspecified atom stereocenters. The van der Waals surface area contributed by atoms with Crippen LogP contribution in [-0.4, -0.2) is 24.5 Å². The Morgan fingerprint density at radius 3 is 2.69 bits per heavy atom. The van der Waals surface area contributed by atoms with Crippen molar-refractivity contribution in [2.75, 3.05) is 11.9 Å². The molecule has 2 aromatic carbocycles. The van der Waals surface area contributed by atoms with E-state index in [4.69, 9.17) is 4.74 Å². The van der Waals surface area contributed by atoms with E-state index in [0.717, 1.165) is 5.56 Å². The van der Waals surface area contributed by atoms with Crippen molar-refractivity contribution < 1.29 is 18.7 Å². The van der Waals surface area contributed by atoms with Crippen molar-refractivity contribution in [3.8, 4) is 5.75 Å². The Bertz CT molecular complexity index is 836. The number of hydrogen-bond acceptors (Lipinski definition) is 3. The van der Waals surface area contributed by atoms with Crippen LogP contribution in [0.3, 0.4) is 0 Å². The third-order valence-corrected chi connectivity index (χ3v) is 4.14. The first-order chi connectivity index (χ1) is 12.4. The third kappa shape index (κ3) is 4.02. The molecule has 6 heteroatoms. The number of nitrogens with one attached hydrogen (secondary N) is 2. The van der Waals surface area contributed by atoms with Crippen LogP contribution >= 0.6 is 0 Å². The number of amides is 2. The van der Waals surface area contributed by atoms with E-state index in [0.29, 0.717) is 24.5 Å². The quantitative estimate of drug-likeness (QED) is 0.884. The predicted octanol–water partition coefficient (Wildman–Crippen LogP) is 3.15. The van der Waals surface area contributed by atoms with Crippen LogP contribution in [0.25, 0.3) is 0 Å². The molecule has 1 heterocycles. The molecular formula is C20H21FN2O3. The van der Waals surface area contributed by atoms with Gasteiger partial charge in [-0.15, -0.1) is 0 Å². The van der Waals surface area contributed by atoms with Crippen molar-refractivity contribution in [2.45, 2.75) is 26.3 Å². The van der Waals surface area contributed by atoms with Crippen molar-refractivity contribution in [2.24, 2.45) is 5.92 Å². The first-order valence-corrected chi connectivity index (χ1v) is 8.56. The highest BCUT2D eigenvalue weighted by Crippen LogP contribution is 2.30. The fourth-order valence-electron chi connectivity index (χ4n) is 2.89. The van der Waals surface area contributed by atoms with Crippen molar-refractivity contribution in [1.82, 2.24) is 5.32 Å². The molecule has 26 heavy (non-hydrogen) atoms. The maximum Gasteiger partial charge on any atom is 0.258 e. The summed E-state index contributed by atoms with van der Waals surface area (Å²) in [5.41, 5.74) is 1.35. The summed E-state index contributed by atoms with van der Waals surface area (Å²) in [5, 5.41) is 5.58. The molecule has 0 fully saturated rings. The number of hydrogen-bond donors (Lipinski definition) is 2. The van der Waals surface area contributed by atoms with Crippen molar-refractivity contribution in [3.63, 3.8) is 0 Å². The van der Waals surface area contributed by atoms with Crippen LogP contribution in [-0.2, 0) is 11.2 Å². The van der Waals surface area contributed by atoms with Gasteiger partial charge < -0.3 is 15.4 Å². The van der Waals surface area contributed by atoms with E-state index in [-0.39, 0.29) is 23.4 Å². The highest BCUT2D eigenvalue weighted by molar-refractivity contribution is 6.04. The van der Waals surface area contributed by atoms with Gasteiger partial charge in [0.2, 0.25) is 5.91 Å². The monoisotopic (exact) mass is 356 g/mol. The fourth-order valence-corrected chi connectivity index (χ4v) is 2.89. The summed E-state index contributed by atoms with van der Waals surface area (Å²) in [7, 11) is 0. The van der Waals surface area contributed by atoms with E-state index in [1.807, 2.05) is 13.8 Å². The summed E-state index contributed by atoms with van der Waals surface area (Å²) in [6.07, 6.45) is 0.525. The minimum Gasteiger partial charge on any atom is -0.492 e. The smallest absolute Gasteiger partial charge is 0.258 e. The van der Waals surface area contributed by atoms with E-state index in [9.17, 15) is 14.0 Å². The molecule has 1 atom stereocenters. The number of rotatable bonds is 4. The Hall–Kier alpha value is -2.89. The summed E-state index contributed by atoms with van der Waals surface area (Å²) in [5.74, 6) is -0.720. The third-order valence-electron chi connectivity index (χ3n) is 4.14. The highest BCUT2D eigenvalue weighted by atomic mass is 19.1. The second-order valence-electron chi connectivity index (χ2n) is 6.63. The number of ether oxygens (including phenoxy) is 1. The Labute approximate surface area is 151 Å². The standard InChI is InChI=1S/C20H21FN2O3/c1-12(2)22-19(24)14-9-13-10-15(7-8-18(13)26-11-14)23-20(25)16-5-3-4-6-17(16)21/h3-8,10,12,14H,9,11H2,1-2H3,(H,22,24)(H,23,25). The average Bonchev–Trinajstić information content (AvgIpc) is 2.60. The number of carbonyl (C=O) groups is 2. The molecule has 0 radical (unpaired) electrons. The van der Waals surface area contributed by atoms with E-state index in [1.54, 1.807) is 24.3 Å². The first-order valence-electron chi connectivity index (χ1n) is 8.56. The molecule has 3 rings (SSSR count). The molecule has 5 nitrogen and oxygen atoms in total. The normalized spacial score (nSPS) is 15.8. The minimum absolute atomic E-state index is 0.0179. The lowest BCUT2D eigenvalue weighted by Gasteiger charge is -2.26. The Kier molecular flexibility index (Phi) is 5.21.